The Morgan fingerprint density at radius 2 is 1.63 bits per heavy atom. The van der Waals surface area contributed by atoms with E-state index in [1.54, 1.807) is 0 Å². The largest absolute Gasteiger partial charge is 0.465 e. The Morgan fingerprint density at radius 3 is 2.13 bits per heavy atom. The number of hydrogen-bond acceptors (Lipinski definition) is 5. The van der Waals surface area contributed by atoms with Crippen LogP contribution in [-0.2, 0) is 19.1 Å². The van der Waals surface area contributed by atoms with Crippen molar-refractivity contribution in [2.45, 2.75) is 81.1 Å². The molecule has 5 heteroatoms. The van der Waals surface area contributed by atoms with Crippen molar-refractivity contribution in [2.24, 2.45) is 22.2 Å². The summed E-state index contributed by atoms with van der Waals surface area (Å²) in [7, 11) is 3.98. The van der Waals surface area contributed by atoms with Crippen LogP contribution in [0.1, 0.15) is 81.1 Å². The first kappa shape index (κ1) is 28.6. The van der Waals surface area contributed by atoms with Crippen LogP contribution in [0.25, 0.3) is 0 Å². The van der Waals surface area contributed by atoms with Crippen LogP contribution in [0.2, 0.25) is 0 Å². The molecule has 0 rings (SSSR count). The molecule has 0 aromatic carbocycles. The number of allylic oxidation sites excluding steroid dienone is 1. The maximum absolute atomic E-state index is 12.7. The molecule has 0 N–H and O–H groups in total. The normalized spacial score (nSPS) is 14.9. The van der Waals surface area contributed by atoms with Gasteiger partial charge in [-0.25, -0.2) is 0 Å². The lowest BCUT2D eigenvalue weighted by atomic mass is 9.73. The molecule has 0 bridgehead atoms. The highest BCUT2D eigenvalue weighted by Gasteiger charge is 2.38. The molecule has 176 valence electrons. The molecule has 0 aromatic heterocycles. The van der Waals surface area contributed by atoms with Gasteiger partial charge >= 0.3 is 11.9 Å². The minimum atomic E-state index is -0.649. The number of carbonyl (C=O) groups is 2. The smallest absolute Gasteiger partial charge is 0.311 e. The average molecular weight is 426 g/mol. The molecule has 0 fully saturated rings. The van der Waals surface area contributed by atoms with Crippen LogP contribution >= 0.6 is 0 Å². The maximum Gasteiger partial charge on any atom is 0.311 e. The van der Waals surface area contributed by atoms with E-state index in [9.17, 15) is 9.59 Å². The summed E-state index contributed by atoms with van der Waals surface area (Å²) >= 11 is 0. The maximum atomic E-state index is 12.7. The molecule has 0 heterocycles. The van der Waals surface area contributed by atoms with E-state index < -0.39 is 5.41 Å². The van der Waals surface area contributed by atoms with E-state index in [0.717, 1.165) is 19.4 Å². The first-order valence-electron chi connectivity index (χ1n) is 11.3. The predicted octanol–water partition coefficient (Wildman–Crippen LogP) is 5.49. The number of rotatable bonds is 14. The van der Waals surface area contributed by atoms with Gasteiger partial charge in [-0.1, -0.05) is 53.7 Å². The van der Waals surface area contributed by atoms with E-state index in [2.05, 4.69) is 52.5 Å². The Hall–Kier alpha value is -1.36. The van der Waals surface area contributed by atoms with Gasteiger partial charge in [-0.05, 0) is 65.1 Å². The number of hydrogen-bond donors (Lipinski definition) is 0. The minimum absolute atomic E-state index is 0.0686. The summed E-state index contributed by atoms with van der Waals surface area (Å²) in [5.41, 5.74) is -0.849. The fraction of sp³-hybridized carbons (Fsp3) is 0.840. The number of ether oxygens (including phenoxy) is 2. The first-order valence-corrected chi connectivity index (χ1v) is 11.3. The van der Waals surface area contributed by atoms with E-state index in [1.807, 2.05) is 34.0 Å². The molecule has 0 saturated carbocycles. The average Bonchev–Trinajstić information content (AvgIpc) is 2.62. The van der Waals surface area contributed by atoms with E-state index in [1.165, 1.54) is 0 Å². The van der Waals surface area contributed by atoms with E-state index in [0.29, 0.717) is 25.4 Å². The molecule has 0 aliphatic rings. The van der Waals surface area contributed by atoms with Gasteiger partial charge in [0.15, 0.2) is 0 Å². The van der Waals surface area contributed by atoms with Crippen LogP contribution in [0.5, 0.6) is 0 Å². The van der Waals surface area contributed by atoms with Crippen LogP contribution in [-0.4, -0.2) is 50.7 Å². The van der Waals surface area contributed by atoms with Crippen molar-refractivity contribution in [1.82, 2.24) is 4.90 Å². The second-order valence-corrected chi connectivity index (χ2v) is 10.8. The third-order valence-corrected chi connectivity index (χ3v) is 6.19. The van der Waals surface area contributed by atoms with E-state index in [-0.39, 0.29) is 29.4 Å². The van der Waals surface area contributed by atoms with E-state index in [4.69, 9.17) is 9.47 Å². The van der Waals surface area contributed by atoms with Crippen LogP contribution in [0, 0.1) is 22.2 Å². The fourth-order valence-corrected chi connectivity index (χ4v) is 3.15. The standard InChI is InChI=1S/C25H47NO4/c1-11-25(8,19-30-21(27)14-12-16-26(9)10)18-24(6,7)22(28)29-17-13-15-23(4,5)20(2)3/h13,15,20H,11-12,14,16-19H2,1-10H3/b15-13+. The highest BCUT2D eigenvalue weighted by atomic mass is 16.5. The van der Waals surface area contributed by atoms with Gasteiger partial charge in [-0.2, -0.15) is 0 Å². The topological polar surface area (TPSA) is 55.8 Å². The lowest BCUT2D eigenvalue weighted by Crippen LogP contribution is -2.36. The molecule has 0 aliphatic heterocycles. The zero-order valence-electron chi connectivity index (χ0n) is 21.3. The molecule has 0 aromatic rings. The second-order valence-electron chi connectivity index (χ2n) is 10.8. The van der Waals surface area contributed by atoms with Gasteiger partial charge in [0.2, 0.25) is 0 Å². The van der Waals surface area contributed by atoms with Crippen molar-refractivity contribution in [3.63, 3.8) is 0 Å². The Labute approximate surface area is 185 Å². The molecule has 0 aliphatic carbocycles. The Morgan fingerprint density at radius 1 is 1.03 bits per heavy atom. The third kappa shape index (κ3) is 11.1. The molecule has 0 amide bonds. The van der Waals surface area contributed by atoms with Crippen molar-refractivity contribution >= 4 is 11.9 Å². The molecule has 1 atom stereocenters. The molecule has 30 heavy (non-hydrogen) atoms. The summed E-state index contributed by atoms with van der Waals surface area (Å²) < 4.78 is 11.1. The summed E-state index contributed by atoms with van der Waals surface area (Å²) in [5, 5.41) is 0. The van der Waals surface area contributed by atoms with Crippen molar-refractivity contribution in [2.75, 3.05) is 33.9 Å². The minimum Gasteiger partial charge on any atom is -0.465 e. The van der Waals surface area contributed by atoms with Crippen molar-refractivity contribution < 1.29 is 19.1 Å². The third-order valence-electron chi connectivity index (χ3n) is 6.19. The Balaban J connectivity index is 4.69. The van der Waals surface area contributed by atoms with Crippen LogP contribution in [0.4, 0.5) is 0 Å². The van der Waals surface area contributed by atoms with Gasteiger partial charge in [-0.15, -0.1) is 0 Å². The summed E-state index contributed by atoms with van der Waals surface area (Å²) in [6.07, 6.45) is 6.67. The van der Waals surface area contributed by atoms with Crippen molar-refractivity contribution in [3.8, 4) is 0 Å². The summed E-state index contributed by atoms with van der Waals surface area (Å²) in [5.74, 6) is 0.123. The fourth-order valence-electron chi connectivity index (χ4n) is 3.15. The molecular formula is C25H47NO4. The lowest BCUT2D eigenvalue weighted by Gasteiger charge is -2.35. The SMILES string of the molecule is CCC(C)(COC(=O)CCCN(C)C)CC(C)(C)C(=O)OC/C=C/C(C)(C)C(C)C. The lowest BCUT2D eigenvalue weighted by molar-refractivity contribution is -0.156. The van der Waals surface area contributed by atoms with Crippen molar-refractivity contribution in [1.29, 1.82) is 0 Å². The van der Waals surface area contributed by atoms with Crippen LogP contribution < -0.4 is 0 Å². The number of carbonyl (C=O) groups excluding carboxylic acids is 2. The summed E-state index contributed by atoms with van der Waals surface area (Å²) in [4.78, 5) is 26.8. The van der Waals surface area contributed by atoms with Gasteiger partial charge in [-0.3, -0.25) is 9.59 Å². The van der Waals surface area contributed by atoms with Crippen molar-refractivity contribution in [3.05, 3.63) is 12.2 Å². The van der Waals surface area contributed by atoms with Gasteiger partial charge in [0, 0.05) is 11.8 Å². The molecule has 0 saturated heterocycles. The summed E-state index contributed by atoms with van der Waals surface area (Å²) in [6.45, 7) is 18.1. The summed E-state index contributed by atoms with van der Waals surface area (Å²) in [6, 6.07) is 0. The zero-order valence-corrected chi connectivity index (χ0v) is 21.3. The monoisotopic (exact) mass is 425 g/mol. The second kappa shape index (κ2) is 12.5. The van der Waals surface area contributed by atoms with Gasteiger partial charge in [0.1, 0.15) is 6.61 Å². The Kier molecular flexibility index (Phi) is 11.9. The predicted molar refractivity (Wildman–Crippen MR) is 124 cm³/mol. The first-order chi connectivity index (χ1) is 13.6. The van der Waals surface area contributed by atoms with Crippen LogP contribution in [0.15, 0.2) is 12.2 Å². The van der Waals surface area contributed by atoms with Gasteiger partial charge in [0.25, 0.3) is 0 Å². The van der Waals surface area contributed by atoms with E-state index >= 15 is 0 Å². The Bertz CT molecular complexity index is 563. The molecular weight excluding hydrogens is 378 g/mol. The zero-order chi connectivity index (χ0) is 23.6. The van der Waals surface area contributed by atoms with Gasteiger partial charge in [0.05, 0.1) is 12.0 Å². The highest BCUT2D eigenvalue weighted by molar-refractivity contribution is 5.76. The molecule has 0 spiro atoms. The quantitative estimate of drug-likeness (QED) is 0.272. The molecule has 0 radical (unpaired) electrons. The molecule has 1 unspecified atom stereocenters. The van der Waals surface area contributed by atoms with Crippen LogP contribution in [0.3, 0.4) is 0 Å². The number of nitrogens with zero attached hydrogens (tertiary/aromatic N) is 1. The highest BCUT2D eigenvalue weighted by Crippen LogP contribution is 2.38. The molecule has 5 nitrogen and oxygen atoms in total. The van der Waals surface area contributed by atoms with Gasteiger partial charge < -0.3 is 14.4 Å². The number of esters is 2.